The van der Waals surface area contributed by atoms with Gasteiger partial charge in [-0.25, -0.2) is 0 Å². The van der Waals surface area contributed by atoms with Gasteiger partial charge in [-0.15, -0.1) is 0 Å². The number of methoxy groups -OCH3 is 1. The Morgan fingerprint density at radius 3 is 2.56 bits per heavy atom. The van der Waals surface area contributed by atoms with Crippen LogP contribution in [0.2, 0.25) is 0 Å². The number of thioether (sulfide) groups is 1. The van der Waals surface area contributed by atoms with Crippen molar-refractivity contribution >= 4 is 22.7 Å². The highest BCUT2D eigenvalue weighted by Gasteiger charge is 2.13. The van der Waals surface area contributed by atoms with Gasteiger partial charge in [0.1, 0.15) is 18.1 Å². The zero-order chi connectivity index (χ0) is 18.4. The molecule has 0 aliphatic rings. The normalized spacial score (nSPS) is 10.4. The molecular formula is C20H25NO3S. The van der Waals surface area contributed by atoms with Crippen LogP contribution in [0.15, 0.2) is 30.3 Å². The van der Waals surface area contributed by atoms with Crippen LogP contribution in [0.5, 0.6) is 11.5 Å². The summed E-state index contributed by atoms with van der Waals surface area (Å²) >= 11 is 1.13. The summed E-state index contributed by atoms with van der Waals surface area (Å²) in [4.78, 5) is 11.7. The van der Waals surface area contributed by atoms with E-state index in [-0.39, 0.29) is 5.24 Å². The average molecular weight is 359 g/mol. The van der Waals surface area contributed by atoms with E-state index < -0.39 is 0 Å². The van der Waals surface area contributed by atoms with Gasteiger partial charge in [-0.3, -0.25) is 4.79 Å². The lowest BCUT2D eigenvalue weighted by atomic mass is 10.0. The van der Waals surface area contributed by atoms with Gasteiger partial charge in [0.05, 0.1) is 18.4 Å². The number of hydrogen-bond acceptors (Lipinski definition) is 4. The molecule has 1 N–H and O–H groups in total. The second-order valence-corrected chi connectivity index (χ2v) is 6.57. The van der Waals surface area contributed by atoms with E-state index in [1.54, 1.807) is 13.4 Å². The Morgan fingerprint density at radius 1 is 1.16 bits per heavy atom. The molecule has 25 heavy (non-hydrogen) atoms. The van der Waals surface area contributed by atoms with Gasteiger partial charge < -0.3 is 14.8 Å². The van der Waals surface area contributed by atoms with Crippen LogP contribution in [-0.2, 0) is 13.0 Å². The maximum atomic E-state index is 11.7. The number of ether oxygens (including phenoxy) is 2. The topological polar surface area (TPSA) is 47.6 Å². The van der Waals surface area contributed by atoms with Crippen molar-refractivity contribution in [1.29, 1.82) is 0 Å². The molecule has 0 radical (unpaired) electrons. The summed E-state index contributed by atoms with van der Waals surface area (Å²) in [5, 5.41) is 2.76. The van der Waals surface area contributed by atoms with Crippen LogP contribution in [0.25, 0.3) is 0 Å². The summed E-state index contributed by atoms with van der Waals surface area (Å²) in [6, 6.07) is 9.82. The van der Waals surface area contributed by atoms with Gasteiger partial charge in [0.25, 0.3) is 5.24 Å². The van der Waals surface area contributed by atoms with Crippen molar-refractivity contribution in [3.8, 4) is 11.5 Å². The van der Waals surface area contributed by atoms with Crippen LogP contribution < -0.4 is 14.8 Å². The van der Waals surface area contributed by atoms with E-state index in [2.05, 4.69) is 31.3 Å². The third-order valence-electron chi connectivity index (χ3n) is 4.16. The van der Waals surface area contributed by atoms with E-state index in [9.17, 15) is 4.79 Å². The van der Waals surface area contributed by atoms with E-state index in [4.69, 9.17) is 9.47 Å². The SMILES string of the molecule is CCc1cc(C)c(OCc2c(NC(=O)SC)cccc2OC)cc1C. The maximum absolute atomic E-state index is 11.7. The molecule has 0 fully saturated rings. The first-order valence-corrected chi connectivity index (χ1v) is 9.46. The molecular weight excluding hydrogens is 334 g/mol. The maximum Gasteiger partial charge on any atom is 0.283 e. The smallest absolute Gasteiger partial charge is 0.283 e. The minimum absolute atomic E-state index is 0.117. The quantitative estimate of drug-likeness (QED) is 0.755. The van der Waals surface area contributed by atoms with Crippen molar-refractivity contribution in [2.75, 3.05) is 18.7 Å². The van der Waals surface area contributed by atoms with E-state index in [0.717, 1.165) is 35.1 Å². The largest absolute Gasteiger partial charge is 0.496 e. The molecule has 0 aliphatic carbocycles. The Kier molecular flexibility index (Phi) is 6.76. The number of hydrogen-bond donors (Lipinski definition) is 1. The first-order valence-electron chi connectivity index (χ1n) is 8.23. The fourth-order valence-corrected chi connectivity index (χ4v) is 2.93. The first kappa shape index (κ1) is 19.2. The van der Waals surface area contributed by atoms with Gasteiger partial charge in [-0.1, -0.05) is 30.8 Å². The summed E-state index contributed by atoms with van der Waals surface area (Å²) in [6.45, 7) is 6.61. The Bertz CT molecular complexity index is 759. The summed E-state index contributed by atoms with van der Waals surface area (Å²) in [7, 11) is 1.62. The van der Waals surface area contributed by atoms with E-state index >= 15 is 0 Å². The Hall–Kier alpha value is -2.14. The molecule has 0 saturated carbocycles. The molecule has 0 aromatic heterocycles. The summed E-state index contributed by atoms with van der Waals surface area (Å²) in [5.41, 5.74) is 5.18. The first-order chi connectivity index (χ1) is 12.0. The minimum atomic E-state index is -0.117. The molecule has 0 aliphatic heterocycles. The average Bonchev–Trinajstić information content (AvgIpc) is 2.62. The highest BCUT2D eigenvalue weighted by atomic mass is 32.2. The van der Waals surface area contributed by atoms with Crippen molar-refractivity contribution in [2.24, 2.45) is 0 Å². The third kappa shape index (κ3) is 4.69. The second-order valence-electron chi connectivity index (χ2n) is 5.79. The Balaban J connectivity index is 2.28. The molecule has 1 amide bonds. The molecule has 2 aromatic rings. The number of nitrogens with one attached hydrogen (secondary N) is 1. The van der Waals surface area contributed by atoms with Crippen LogP contribution in [0.4, 0.5) is 10.5 Å². The van der Waals surface area contributed by atoms with Gasteiger partial charge >= 0.3 is 0 Å². The summed E-state index contributed by atoms with van der Waals surface area (Å²) in [5.74, 6) is 1.54. The number of anilines is 1. The molecule has 0 bridgehead atoms. The van der Waals surface area contributed by atoms with E-state index in [0.29, 0.717) is 18.0 Å². The summed E-state index contributed by atoms with van der Waals surface area (Å²) < 4.78 is 11.5. The van der Waals surface area contributed by atoms with Crippen LogP contribution in [0.1, 0.15) is 29.2 Å². The minimum Gasteiger partial charge on any atom is -0.496 e. The number of amides is 1. The highest BCUT2D eigenvalue weighted by Crippen LogP contribution is 2.30. The van der Waals surface area contributed by atoms with Crippen LogP contribution >= 0.6 is 11.8 Å². The van der Waals surface area contributed by atoms with E-state index in [1.165, 1.54) is 11.1 Å². The van der Waals surface area contributed by atoms with Crippen molar-refractivity contribution in [3.05, 3.63) is 52.6 Å². The molecule has 2 aromatic carbocycles. The van der Waals surface area contributed by atoms with Gasteiger partial charge in [-0.2, -0.15) is 0 Å². The Labute approximate surface area is 153 Å². The third-order valence-corrected chi connectivity index (χ3v) is 4.63. The predicted octanol–water partition coefficient (Wildman–Crippen LogP) is 5.35. The highest BCUT2D eigenvalue weighted by molar-refractivity contribution is 8.13. The molecule has 0 unspecified atom stereocenters. The fourth-order valence-electron chi connectivity index (χ4n) is 2.72. The van der Waals surface area contributed by atoms with Crippen LogP contribution in [0, 0.1) is 13.8 Å². The molecule has 0 heterocycles. The molecule has 134 valence electrons. The monoisotopic (exact) mass is 359 g/mol. The number of carbonyl (C=O) groups excluding carboxylic acids is 1. The van der Waals surface area contributed by atoms with Gasteiger partial charge in [-0.05, 0) is 61.4 Å². The zero-order valence-electron chi connectivity index (χ0n) is 15.4. The molecule has 4 nitrogen and oxygen atoms in total. The number of aryl methyl sites for hydroxylation is 3. The number of rotatable bonds is 6. The Morgan fingerprint density at radius 2 is 1.92 bits per heavy atom. The standard InChI is InChI=1S/C20H25NO3S/c1-6-15-10-14(3)19(11-13(15)2)24-12-16-17(21-20(22)25-5)8-7-9-18(16)23-4/h7-11H,6,12H2,1-5H3,(H,21,22). The predicted molar refractivity (Wildman–Crippen MR) is 105 cm³/mol. The fraction of sp³-hybridized carbons (Fsp3) is 0.350. The van der Waals surface area contributed by atoms with Crippen LogP contribution in [0.3, 0.4) is 0 Å². The van der Waals surface area contributed by atoms with Crippen molar-refractivity contribution in [1.82, 2.24) is 0 Å². The lowest BCUT2D eigenvalue weighted by Crippen LogP contribution is -2.09. The number of benzene rings is 2. The molecule has 0 saturated heterocycles. The molecule has 5 heteroatoms. The molecule has 0 atom stereocenters. The lowest BCUT2D eigenvalue weighted by molar-refractivity contribution is 0.269. The molecule has 2 rings (SSSR count). The van der Waals surface area contributed by atoms with Gasteiger partial charge in [0.15, 0.2) is 0 Å². The zero-order valence-corrected chi connectivity index (χ0v) is 16.3. The van der Waals surface area contributed by atoms with Crippen molar-refractivity contribution in [3.63, 3.8) is 0 Å². The van der Waals surface area contributed by atoms with E-state index in [1.807, 2.05) is 25.1 Å². The molecule has 0 spiro atoms. The second kappa shape index (κ2) is 8.81. The number of carbonyl (C=O) groups is 1. The van der Waals surface area contributed by atoms with Crippen molar-refractivity contribution < 1.29 is 14.3 Å². The van der Waals surface area contributed by atoms with Crippen LogP contribution in [-0.4, -0.2) is 18.6 Å². The van der Waals surface area contributed by atoms with Crippen molar-refractivity contribution in [2.45, 2.75) is 33.8 Å². The van der Waals surface area contributed by atoms with Gasteiger partial charge in [0.2, 0.25) is 0 Å². The van der Waals surface area contributed by atoms with Gasteiger partial charge in [0, 0.05) is 0 Å². The lowest BCUT2D eigenvalue weighted by Gasteiger charge is -2.17. The summed E-state index contributed by atoms with van der Waals surface area (Å²) in [6.07, 6.45) is 2.75.